The summed E-state index contributed by atoms with van der Waals surface area (Å²) < 4.78 is 2.36. The number of piperidine rings is 1. The Bertz CT molecular complexity index is 1000. The number of aryl methyl sites for hydroxylation is 2. The molecule has 0 bridgehead atoms. The van der Waals surface area contributed by atoms with Crippen molar-refractivity contribution < 1.29 is 0 Å². The van der Waals surface area contributed by atoms with Crippen LogP contribution in [0.5, 0.6) is 0 Å². The van der Waals surface area contributed by atoms with Gasteiger partial charge in [-0.25, -0.2) is 9.97 Å². The van der Waals surface area contributed by atoms with E-state index in [0.717, 1.165) is 48.9 Å². The van der Waals surface area contributed by atoms with Gasteiger partial charge in [-0.05, 0) is 49.5 Å². The summed E-state index contributed by atoms with van der Waals surface area (Å²) in [5.41, 5.74) is 1.40. The summed E-state index contributed by atoms with van der Waals surface area (Å²) in [4.78, 5) is 13.3. The van der Waals surface area contributed by atoms with Crippen molar-refractivity contribution in [3.8, 4) is 0 Å². The van der Waals surface area contributed by atoms with Crippen LogP contribution < -0.4 is 4.90 Å². The van der Waals surface area contributed by atoms with Crippen LogP contribution in [-0.4, -0.2) is 37.8 Å². The number of rotatable bonds is 4. The zero-order chi connectivity index (χ0) is 19.3. The average Bonchev–Trinajstić information content (AvgIpc) is 3.37. The van der Waals surface area contributed by atoms with Crippen molar-refractivity contribution in [2.24, 2.45) is 5.92 Å². The lowest BCUT2D eigenvalue weighted by Crippen LogP contribution is -2.36. The molecule has 1 fully saturated rings. The molecule has 0 aromatic carbocycles. The van der Waals surface area contributed by atoms with E-state index in [4.69, 9.17) is 9.97 Å². The fourth-order valence-corrected chi connectivity index (χ4v) is 5.75. The Morgan fingerprint density at radius 3 is 2.93 bits per heavy atom. The second-order valence-corrected chi connectivity index (χ2v) is 9.51. The Morgan fingerprint density at radius 1 is 1.18 bits per heavy atom. The highest BCUT2D eigenvalue weighted by Crippen LogP contribution is 2.37. The highest BCUT2D eigenvalue weighted by atomic mass is 32.1. The van der Waals surface area contributed by atoms with Crippen LogP contribution in [0.1, 0.15) is 62.1 Å². The van der Waals surface area contributed by atoms with Crippen LogP contribution in [-0.2, 0) is 19.4 Å². The van der Waals surface area contributed by atoms with Gasteiger partial charge in [-0.15, -0.1) is 21.5 Å². The van der Waals surface area contributed by atoms with E-state index in [9.17, 15) is 0 Å². The van der Waals surface area contributed by atoms with E-state index >= 15 is 0 Å². The minimum atomic E-state index is 0.436. The van der Waals surface area contributed by atoms with Crippen molar-refractivity contribution in [3.05, 3.63) is 28.4 Å². The third kappa shape index (κ3) is 3.09. The van der Waals surface area contributed by atoms with Gasteiger partial charge in [0.2, 0.25) is 0 Å². The Balaban J connectivity index is 1.51. The summed E-state index contributed by atoms with van der Waals surface area (Å²) in [6.07, 6.45) is 5.70. The number of anilines is 1. The number of nitrogens with zero attached hydrogens (tertiary/aromatic N) is 6. The van der Waals surface area contributed by atoms with E-state index in [-0.39, 0.29) is 0 Å². The van der Waals surface area contributed by atoms with Crippen LogP contribution >= 0.6 is 11.3 Å². The third-order valence-corrected chi connectivity index (χ3v) is 6.88. The Morgan fingerprint density at radius 2 is 2.07 bits per heavy atom. The van der Waals surface area contributed by atoms with E-state index in [1.165, 1.54) is 41.9 Å². The lowest BCUT2D eigenvalue weighted by molar-refractivity contribution is 0.471. The quantitative estimate of drug-likeness (QED) is 0.664. The van der Waals surface area contributed by atoms with Crippen molar-refractivity contribution in [1.82, 2.24) is 24.7 Å². The maximum atomic E-state index is 4.93. The molecule has 148 valence electrons. The Kier molecular flexibility index (Phi) is 4.57. The third-order valence-electron chi connectivity index (χ3n) is 5.95. The maximum Gasteiger partial charge on any atom is 0.141 e. The number of aromatic nitrogens is 5. The van der Waals surface area contributed by atoms with Crippen LogP contribution in [0.15, 0.2) is 5.38 Å². The second-order valence-electron chi connectivity index (χ2n) is 8.65. The van der Waals surface area contributed by atoms with Gasteiger partial charge in [-0.2, -0.15) is 0 Å². The minimum Gasteiger partial charge on any atom is -0.355 e. The van der Waals surface area contributed by atoms with Gasteiger partial charge < -0.3 is 9.47 Å². The molecule has 0 saturated carbocycles. The lowest BCUT2D eigenvalue weighted by Gasteiger charge is -2.33. The number of thiophene rings is 1. The molecule has 5 heterocycles. The van der Waals surface area contributed by atoms with E-state index in [1.807, 2.05) is 6.92 Å². The summed E-state index contributed by atoms with van der Waals surface area (Å²) in [7, 11) is 0. The van der Waals surface area contributed by atoms with Gasteiger partial charge >= 0.3 is 0 Å². The van der Waals surface area contributed by atoms with Crippen LogP contribution in [0.3, 0.4) is 0 Å². The first kappa shape index (κ1) is 18.0. The summed E-state index contributed by atoms with van der Waals surface area (Å²) in [5.74, 6) is 5.41. The molecule has 3 aromatic rings. The lowest BCUT2D eigenvalue weighted by atomic mass is 9.96. The minimum absolute atomic E-state index is 0.436. The van der Waals surface area contributed by atoms with Crippen molar-refractivity contribution in [3.63, 3.8) is 0 Å². The van der Waals surface area contributed by atoms with Crippen molar-refractivity contribution in [2.75, 3.05) is 18.0 Å². The number of hydrogen-bond acceptors (Lipinski definition) is 6. The maximum absolute atomic E-state index is 4.93. The largest absolute Gasteiger partial charge is 0.355 e. The summed E-state index contributed by atoms with van der Waals surface area (Å²) in [6, 6.07) is 0. The van der Waals surface area contributed by atoms with Crippen LogP contribution in [0.4, 0.5) is 5.82 Å². The van der Waals surface area contributed by atoms with Crippen molar-refractivity contribution >= 4 is 27.4 Å². The molecular weight excluding hydrogens is 368 g/mol. The topological polar surface area (TPSA) is 59.7 Å². The molecule has 6 nitrogen and oxygen atoms in total. The first-order chi connectivity index (χ1) is 13.6. The smallest absolute Gasteiger partial charge is 0.141 e. The van der Waals surface area contributed by atoms with Gasteiger partial charge in [0.1, 0.15) is 28.1 Å². The standard InChI is InChI=1S/C21H28N6S/c1-13(2)10-16-12-28-21-18(16)20(22-14(3)23-21)26-8-4-6-15(11-26)19-25-24-17-7-5-9-27(17)19/h12-13,15H,4-11H2,1-3H3. The second kappa shape index (κ2) is 7.10. The molecule has 2 aliphatic heterocycles. The first-order valence-electron chi connectivity index (χ1n) is 10.5. The molecule has 1 atom stereocenters. The average molecular weight is 397 g/mol. The summed E-state index contributed by atoms with van der Waals surface area (Å²) in [5, 5.41) is 12.6. The fraction of sp³-hybridized carbons (Fsp3) is 0.619. The van der Waals surface area contributed by atoms with Crippen LogP contribution in [0.25, 0.3) is 10.2 Å². The highest BCUT2D eigenvalue weighted by Gasteiger charge is 2.30. The van der Waals surface area contributed by atoms with E-state index in [0.29, 0.717) is 11.8 Å². The molecule has 0 spiro atoms. The van der Waals surface area contributed by atoms with Gasteiger partial charge in [0.05, 0.1) is 5.39 Å². The molecule has 3 aromatic heterocycles. The zero-order valence-electron chi connectivity index (χ0n) is 17.0. The molecule has 0 N–H and O–H groups in total. The predicted octanol–water partition coefficient (Wildman–Crippen LogP) is 4.12. The molecule has 1 unspecified atom stereocenters. The predicted molar refractivity (Wildman–Crippen MR) is 113 cm³/mol. The summed E-state index contributed by atoms with van der Waals surface area (Å²) >= 11 is 1.76. The number of fused-ring (bicyclic) bond motifs is 2. The van der Waals surface area contributed by atoms with Crippen molar-refractivity contribution in [2.45, 2.75) is 65.3 Å². The highest BCUT2D eigenvalue weighted by molar-refractivity contribution is 7.17. The molecule has 7 heteroatoms. The van der Waals surface area contributed by atoms with E-state index in [1.54, 1.807) is 11.3 Å². The Hall–Kier alpha value is -2.02. The Labute approximate surface area is 170 Å². The normalized spacial score (nSPS) is 19.7. The van der Waals surface area contributed by atoms with Crippen LogP contribution in [0, 0.1) is 12.8 Å². The number of hydrogen-bond donors (Lipinski definition) is 0. The van der Waals surface area contributed by atoms with Crippen molar-refractivity contribution in [1.29, 1.82) is 0 Å². The summed E-state index contributed by atoms with van der Waals surface area (Å²) in [6.45, 7) is 9.68. The van der Waals surface area contributed by atoms with Gasteiger partial charge in [0, 0.05) is 32.0 Å². The fourth-order valence-electron chi connectivity index (χ4n) is 4.76. The van der Waals surface area contributed by atoms with Gasteiger partial charge in [-0.1, -0.05) is 13.8 Å². The first-order valence-corrected chi connectivity index (χ1v) is 11.4. The molecule has 5 rings (SSSR count). The molecule has 1 saturated heterocycles. The van der Waals surface area contributed by atoms with E-state index in [2.05, 4.69) is 38.9 Å². The molecule has 28 heavy (non-hydrogen) atoms. The SMILES string of the molecule is Cc1nc(N2CCCC(c3nnc4n3CCC4)C2)c2c(CC(C)C)csc2n1. The zero-order valence-corrected chi connectivity index (χ0v) is 17.8. The molecule has 0 aliphatic carbocycles. The monoisotopic (exact) mass is 396 g/mol. The van der Waals surface area contributed by atoms with Gasteiger partial charge in [-0.3, -0.25) is 0 Å². The molecule has 0 amide bonds. The molecule has 2 aliphatic rings. The van der Waals surface area contributed by atoms with Crippen LogP contribution in [0.2, 0.25) is 0 Å². The van der Waals surface area contributed by atoms with E-state index < -0.39 is 0 Å². The van der Waals surface area contributed by atoms with Gasteiger partial charge in [0.15, 0.2) is 0 Å². The molecular formula is C21H28N6S. The van der Waals surface area contributed by atoms with Gasteiger partial charge in [0.25, 0.3) is 0 Å². The molecule has 0 radical (unpaired) electrons.